The van der Waals surface area contributed by atoms with Crippen LogP contribution in [0.15, 0.2) is 36.4 Å². The van der Waals surface area contributed by atoms with Crippen molar-refractivity contribution in [3.8, 4) is 0 Å². The summed E-state index contributed by atoms with van der Waals surface area (Å²) >= 11 is 0. The van der Waals surface area contributed by atoms with Crippen molar-refractivity contribution in [1.82, 2.24) is 15.2 Å². The number of aromatic nitrogens is 1. The van der Waals surface area contributed by atoms with E-state index in [-0.39, 0.29) is 6.42 Å². The quantitative estimate of drug-likeness (QED) is 0.283. The van der Waals surface area contributed by atoms with Gasteiger partial charge in [0.05, 0.1) is 17.7 Å². The maximum absolute atomic E-state index is 13.3. The molecular formula is C28H37F3N4O4. The smallest absolute Gasteiger partial charge is 0.417 e. The largest absolute Gasteiger partial charge is 0.480 e. The first-order valence-electron chi connectivity index (χ1n) is 13.4. The molecule has 0 radical (unpaired) electrons. The van der Waals surface area contributed by atoms with Crippen LogP contribution in [0.4, 0.5) is 19.0 Å². The lowest BCUT2D eigenvalue weighted by Gasteiger charge is -2.24. The van der Waals surface area contributed by atoms with E-state index in [1.165, 1.54) is 17.7 Å². The average Bonchev–Trinajstić information content (AvgIpc) is 2.92. The number of halogens is 3. The van der Waals surface area contributed by atoms with Crippen LogP contribution in [0.2, 0.25) is 0 Å². The Kier molecular flexibility index (Phi) is 11.5. The van der Waals surface area contributed by atoms with Gasteiger partial charge in [0.15, 0.2) is 0 Å². The monoisotopic (exact) mass is 550 g/mol. The number of anilines is 1. The van der Waals surface area contributed by atoms with Gasteiger partial charge >= 0.3 is 12.1 Å². The number of hydrogen-bond acceptors (Lipinski definition) is 6. The Labute approximate surface area is 226 Å². The Hall–Kier alpha value is -3.18. The highest BCUT2D eigenvalue weighted by molar-refractivity contribution is 5.98. The summed E-state index contributed by atoms with van der Waals surface area (Å²) in [7, 11) is 0. The predicted molar refractivity (Wildman–Crippen MR) is 142 cm³/mol. The third kappa shape index (κ3) is 9.50. The zero-order valence-electron chi connectivity index (χ0n) is 22.2. The van der Waals surface area contributed by atoms with Crippen LogP contribution in [0.3, 0.4) is 0 Å². The molecule has 0 aliphatic carbocycles. The summed E-state index contributed by atoms with van der Waals surface area (Å²) in [4.78, 5) is 31.2. The second kappa shape index (κ2) is 14.8. The molecule has 0 spiro atoms. The summed E-state index contributed by atoms with van der Waals surface area (Å²) in [5, 5.41) is 15.3. The van der Waals surface area contributed by atoms with Gasteiger partial charge in [-0.2, -0.15) is 13.2 Å². The van der Waals surface area contributed by atoms with E-state index in [1.54, 1.807) is 0 Å². The van der Waals surface area contributed by atoms with Crippen molar-refractivity contribution in [3.63, 3.8) is 0 Å². The Bertz CT molecular complexity index is 1100. The van der Waals surface area contributed by atoms with E-state index in [1.807, 2.05) is 6.92 Å². The van der Waals surface area contributed by atoms with Crippen LogP contribution in [0, 0.1) is 0 Å². The molecule has 39 heavy (non-hydrogen) atoms. The summed E-state index contributed by atoms with van der Waals surface area (Å²) in [6, 6.07) is 7.20. The van der Waals surface area contributed by atoms with E-state index in [0.29, 0.717) is 32.8 Å². The number of pyridine rings is 1. The van der Waals surface area contributed by atoms with Crippen molar-refractivity contribution in [2.45, 2.75) is 57.7 Å². The Morgan fingerprint density at radius 2 is 1.95 bits per heavy atom. The average molecular weight is 551 g/mol. The molecule has 1 unspecified atom stereocenters. The zero-order chi connectivity index (χ0) is 28.3. The Morgan fingerprint density at radius 3 is 2.69 bits per heavy atom. The number of alkyl halides is 3. The summed E-state index contributed by atoms with van der Waals surface area (Å²) < 4.78 is 45.4. The summed E-state index contributed by atoms with van der Waals surface area (Å²) in [5.74, 6) is -1.40. The molecule has 1 aliphatic rings. The van der Waals surface area contributed by atoms with E-state index < -0.39 is 35.2 Å². The molecule has 2 heterocycles. The molecule has 0 bridgehead atoms. The van der Waals surface area contributed by atoms with Gasteiger partial charge in [-0.3, -0.25) is 4.79 Å². The van der Waals surface area contributed by atoms with Crippen LogP contribution in [0.5, 0.6) is 0 Å². The van der Waals surface area contributed by atoms with Crippen LogP contribution in [0.25, 0.3) is 0 Å². The Balaban J connectivity index is 1.54. The van der Waals surface area contributed by atoms with Crippen molar-refractivity contribution in [1.29, 1.82) is 0 Å². The lowest BCUT2D eigenvalue weighted by Crippen LogP contribution is -2.44. The maximum Gasteiger partial charge on any atom is 0.417 e. The lowest BCUT2D eigenvalue weighted by atomic mass is 10.1. The molecular weight excluding hydrogens is 513 g/mol. The molecule has 0 fully saturated rings. The highest BCUT2D eigenvalue weighted by Gasteiger charge is 2.35. The number of aliphatic carboxylic acids is 1. The van der Waals surface area contributed by atoms with E-state index in [9.17, 15) is 27.9 Å². The van der Waals surface area contributed by atoms with Crippen LogP contribution >= 0.6 is 0 Å². The minimum absolute atomic E-state index is 0.0411. The predicted octanol–water partition coefficient (Wildman–Crippen LogP) is 4.39. The maximum atomic E-state index is 13.3. The third-order valence-corrected chi connectivity index (χ3v) is 6.68. The van der Waals surface area contributed by atoms with Gasteiger partial charge in [0.25, 0.3) is 5.91 Å². The number of amides is 1. The molecule has 0 saturated carbocycles. The van der Waals surface area contributed by atoms with Crippen LogP contribution in [-0.4, -0.2) is 72.3 Å². The topological polar surface area (TPSA) is 104 Å². The SMILES string of the molecule is CCOCCN(CCCCc1ccc2c(n1)NCCC2)CCC(NC(=O)c1ccccc1C(F)(F)F)C(=O)O. The molecule has 3 N–H and O–H groups in total. The standard InChI is InChI=1S/C28H37F3N4O4/c1-2-39-19-18-35(16-6-5-9-21-13-12-20-8-7-15-32-25(20)33-21)17-14-24(27(37)38)34-26(36)22-10-3-4-11-23(22)28(29,30)31/h3-4,10-13,24H,2,5-9,14-19H2,1H3,(H,32,33)(H,34,36)(H,37,38). The number of carboxylic acids is 1. The van der Waals surface area contributed by atoms with E-state index in [0.717, 1.165) is 62.3 Å². The molecule has 11 heteroatoms. The van der Waals surface area contributed by atoms with Crippen molar-refractivity contribution in [2.24, 2.45) is 0 Å². The lowest BCUT2D eigenvalue weighted by molar-refractivity contribution is -0.139. The first-order chi connectivity index (χ1) is 18.7. The molecule has 3 rings (SSSR count). The van der Waals surface area contributed by atoms with Crippen molar-refractivity contribution in [3.05, 3.63) is 58.8 Å². The number of rotatable bonds is 15. The first kappa shape index (κ1) is 30.4. The molecule has 8 nitrogen and oxygen atoms in total. The van der Waals surface area contributed by atoms with Gasteiger partial charge in [-0.25, -0.2) is 9.78 Å². The Morgan fingerprint density at radius 1 is 1.15 bits per heavy atom. The van der Waals surface area contributed by atoms with Gasteiger partial charge in [0.2, 0.25) is 0 Å². The number of ether oxygens (including phenoxy) is 1. The highest BCUT2D eigenvalue weighted by atomic mass is 19.4. The highest BCUT2D eigenvalue weighted by Crippen LogP contribution is 2.31. The number of aryl methyl sites for hydroxylation is 2. The normalized spacial score (nSPS) is 14.0. The molecule has 1 aromatic heterocycles. The van der Waals surface area contributed by atoms with Gasteiger partial charge in [-0.1, -0.05) is 18.2 Å². The second-order valence-corrected chi connectivity index (χ2v) is 9.53. The minimum atomic E-state index is -4.73. The fourth-order valence-corrected chi connectivity index (χ4v) is 4.56. The molecule has 1 aliphatic heterocycles. The van der Waals surface area contributed by atoms with Gasteiger partial charge in [0.1, 0.15) is 11.9 Å². The number of carboxylic acid groups (broad SMARTS) is 1. The van der Waals surface area contributed by atoms with E-state index in [2.05, 4.69) is 27.7 Å². The van der Waals surface area contributed by atoms with Crippen LogP contribution in [0.1, 0.15) is 59.8 Å². The number of benzene rings is 1. The minimum Gasteiger partial charge on any atom is -0.480 e. The summed E-state index contributed by atoms with van der Waals surface area (Å²) in [6.45, 7) is 5.45. The number of carbonyl (C=O) groups excluding carboxylic acids is 1. The fourth-order valence-electron chi connectivity index (χ4n) is 4.56. The number of nitrogens with one attached hydrogen (secondary N) is 2. The van der Waals surface area contributed by atoms with Gasteiger partial charge in [0, 0.05) is 31.9 Å². The van der Waals surface area contributed by atoms with Gasteiger partial charge in [-0.05, 0) is 75.8 Å². The second-order valence-electron chi connectivity index (χ2n) is 9.53. The van der Waals surface area contributed by atoms with Crippen molar-refractivity contribution in [2.75, 3.05) is 44.7 Å². The van der Waals surface area contributed by atoms with Crippen molar-refractivity contribution < 1.29 is 32.6 Å². The summed E-state index contributed by atoms with van der Waals surface area (Å²) in [6.07, 6.45) is 0.0233. The molecule has 1 atom stereocenters. The number of fused-ring (bicyclic) bond motifs is 1. The first-order valence-corrected chi connectivity index (χ1v) is 13.4. The number of nitrogens with zero attached hydrogens (tertiary/aromatic N) is 2. The molecule has 1 amide bonds. The number of carbonyl (C=O) groups is 2. The third-order valence-electron chi connectivity index (χ3n) is 6.68. The fraction of sp³-hybridized carbons (Fsp3) is 0.536. The molecule has 0 saturated heterocycles. The molecule has 2 aromatic rings. The zero-order valence-corrected chi connectivity index (χ0v) is 22.2. The van der Waals surface area contributed by atoms with E-state index in [4.69, 9.17) is 9.72 Å². The van der Waals surface area contributed by atoms with E-state index >= 15 is 0 Å². The number of hydrogen-bond donors (Lipinski definition) is 3. The van der Waals surface area contributed by atoms with Gasteiger partial charge in [-0.15, -0.1) is 0 Å². The molecule has 214 valence electrons. The number of unbranched alkanes of at least 4 members (excludes halogenated alkanes) is 1. The molecule has 1 aromatic carbocycles. The summed E-state index contributed by atoms with van der Waals surface area (Å²) in [5.41, 5.74) is 0.565. The van der Waals surface area contributed by atoms with Gasteiger partial charge < -0.3 is 25.4 Å². The van der Waals surface area contributed by atoms with Crippen LogP contribution in [-0.2, 0) is 28.5 Å². The van der Waals surface area contributed by atoms with Crippen LogP contribution < -0.4 is 10.6 Å². The van der Waals surface area contributed by atoms with Crippen molar-refractivity contribution >= 4 is 17.7 Å².